The molecule has 0 aromatic heterocycles. The Morgan fingerprint density at radius 1 is 1.21 bits per heavy atom. The number of halogens is 1. The molecule has 1 amide bonds. The summed E-state index contributed by atoms with van der Waals surface area (Å²) in [7, 11) is 0. The van der Waals surface area contributed by atoms with E-state index in [1.165, 1.54) is 12.1 Å². The number of nitrogens with one attached hydrogen (secondary N) is 1. The van der Waals surface area contributed by atoms with Crippen LogP contribution in [0, 0.1) is 12.7 Å². The van der Waals surface area contributed by atoms with Crippen LogP contribution in [-0.2, 0) is 14.3 Å². The number of carbonyl (C=O) groups excluding carboxylic acids is 2. The Morgan fingerprint density at radius 3 is 2.71 bits per heavy atom. The lowest BCUT2D eigenvalue weighted by Crippen LogP contribution is -2.21. The van der Waals surface area contributed by atoms with Crippen LogP contribution in [0.4, 0.5) is 10.1 Å². The molecular formula is C21H22FNO5. The lowest BCUT2D eigenvalue weighted by molar-refractivity contribution is -0.119. The van der Waals surface area contributed by atoms with Crippen LogP contribution in [0.5, 0.6) is 5.75 Å². The first-order valence-electron chi connectivity index (χ1n) is 9.09. The minimum atomic E-state index is -0.628. The lowest BCUT2D eigenvalue weighted by atomic mass is 10.2. The highest BCUT2D eigenvalue weighted by Crippen LogP contribution is 2.18. The summed E-state index contributed by atoms with van der Waals surface area (Å²) in [5, 5.41) is 2.52. The Balaban J connectivity index is 1.46. The molecule has 0 aliphatic carbocycles. The van der Waals surface area contributed by atoms with Gasteiger partial charge in [-0.05, 0) is 61.7 Å². The Hall–Kier alpha value is -2.93. The molecule has 2 aromatic rings. The molecule has 0 unspecified atom stereocenters. The third-order valence-electron chi connectivity index (χ3n) is 4.36. The fourth-order valence-electron chi connectivity index (χ4n) is 2.78. The van der Waals surface area contributed by atoms with Crippen molar-refractivity contribution in [2.45, 2.75) is 25.9 Å². The SMILES string of the molecule is Cc1ccc(F)cc1NC(=O)COC(=O)c1ccc(OC[C@@H]2CCCO2)cc1. The molecule has 28 heavy (non-hydrogen) atoms. The topological polar surface area (TPSA) is 73.9 Å². The van der Waals surface area contributed by atoms with Crippen LogP contribution in [0.2, 0.25) is 0 Å². The zero-order valence-electron chi connectivity index (χ0n) is 15.6. The summed E-state index contributed by atoms with van der Waals surface area (Å²) >= 11 is 0. The van der Waals surface area contributed by atoms with Gasteiger partial charge in [0.05, 0.1) is 11.7 Å². The fourth-order valence-corrected chi connectivity index (χ4v) is 2.78. The summed E-state index contributed by atoms with van der Waals surface area (Å²) in [4.78, 5) is 24.0. The number of hydrogen-bond acceptors (Lipinski definition) is 5. The molecule has 1 fully saturated rings. The highest BCUT2D eigenvalue weighted by atomic mass is 19.1. The van der Waals surface area contributed by atoms with E-state index in [-0.39, 0.29) is 6.10 Å². The van der Waals surface area contributed by atoms with Crippen LogP contribution in [0.1, 0.15) is 28.8 Å². The normalized spacial score (nSPS) is 15.9. The maximum absolute atomic E-state index is 13.3. The number of amides is 1. The zero-order valence-corrected chi connectivity index (χ0v) is 15.6. The van der Waals surface area contributed by atoms with Gasteiger partial charge in [-0.15, -0.1) is 0 Å². The number of ether oxygens (including phenoxy) is 3. The summed E-state index contributed by atoms with van der Waals surface area (Å²) in [6.45, 7) is 2.52. The van der Waals surface area contributed by atoms with Crippen LogP contribution in [0.15, 0.2) is 42.5 Å². The third-order valence-corrected chi connectivity index (χ3v) is 4.36. The highest BCUT2D eigenvalue weighted by Gasteiger charge is 2.16. The van der Waals surface area contributed by atoms with Crippen molar-refractivity contribution in [2.24, 2.45) is 0 Å². The molecule has 148 valence electrons. The first kappa shape index (κ1) is 19.8. The van der Waals surface area contributed by atoms with Gasteiger partial charge in [0.25, 0.3) is 5.91 Å². The first-order valence-corrected chi connectivity index (χ1v) is 9.09. The van der Waals surface area contributed by atoms with Crippen molar-refractivity contribution in [3.8, 4) is 5.75 Å². The number of carbonyl (C=O) groups is 2. The average molecular weight is 387 g/mol. The van der Waals surface area contributed by atoms with E-state index in [4.69, 9.17) is 14.2 Å². The van der Waals surface area contributed by atoms with E-state index in [1.807, 2.05) is 0 Å². The van der Waals surface area contributed by atoms with E-state index in [1.54, 1.807) is 37.3 Å². The van der Waals surface area contributed by atoms with Gasteiger partial charge in [0.15, 0.2) is 6.61 Å². The maximum Gasteiger partial charge on any atom is 0.338 e. The molecule has 1 N–H and O–H groups in total. The molecule has 0 bridgehead atoms. The van der Waals surface area contributed by atoms with Crippen LogP contribution >= 0.6 is 0 Å². The van der Waals surface area contributed by atoms with Crippen molar-refractivity contribution in [1.82, 2.24) is 0 Å². The maximum atomic E-state index is 13.3. The number of hydrogen-bond donors (Lipinski definition) is 1. The summed E-state index contributed by atoms with van der Waals surface area (Å²) < 4.78 is 29.4. The van der Waals surface area contributed by atoms with E-state index < -0.39 is 24.3 Å². The Morgan fingerprint density at radius 2 is 2.00 bits per heavy atom. The van der Waals surface area contributed by atoms with Gasteiger partial charge >= 0.3 is 5.97 Å². The lowest BCUT2D eigenvalue weighted by Gasteiger charge is -2.12. The average Bonchev–Trinajstić information content (AvgIpc) is 3.21. The van der Waals surface area contributed by atoms with Gasteiger partial charge in [-0.3, -0.25) is 4.79 Å². The van der Waals surface area contributed by atoms with Crippen molar-refractivity contribution >= 4 is 17.6 Å². The van der Waals surface area contributed by atoms with Gasteiger partial charge in [-0.2, -0.15) is 0 Å². The van der Waals surface area contributed by atoms with Crippen molar-refractivity contribution < 1.29 is 28.2 Å². The van der Waals surface area contributed by atoms with Crippen molar-refractivity contribution in [1.29, 1.82) is 0 Å². The first-order chi connectivity index (χ1) is 13.5. The number of anilines is 1. The summed E-state index contributed by atoms with van der Waals surface area (Å²) in [6, 6.07) is 10.6. The minimum absolute atomic E-state index is 0.116. The smallest absolute Gasteiger partial charge is 0.338 e. The molecule has 1 saturated heterocycles. The molecule has 1 atom stereocenters. The number of esters is 1. The second-order valence-corrected chi connectivity index (χ2v) is 6.55. The number of benzene rings is 2. The summed E-state index contributed by atoms with van der Waals surface area (Å²) in [6.07, 6.45) is 2.15. The number of rotatable bonds is 7. The van der Waals surface area contributed by atoms with Crippen molar-refractivity contribution in [3.05, 3.63) is 59.4 Å². The zero-order chi connectivity index (χ0) is 19.9. The molecule has 7 heteroatoms. The molecule has 3 rings (SSSR count). The van der Waals surface area contributed by atoms with Gasteiger partial charge in [0.2, 0.25) is 0 Å². The highest BCUT2D eigenvalue weighted by molar-refractivity contribution is 5.95. The van der Waals surface area contributed by atoms with Gasteiger partial charge in [0.1, 0.15) is 18.2 Å². The van der Waals surface area contributed by atoms with E-state index in [9.17, 15) is 14.0 Å². The second kappa shape index (κ2) is 9.32. The van der Waals surface area contributed by atoms with Crippen LogP contribution in [0.3, 0.4) is 0 Å². The molecule has 1 heterocycles. The number of aryl methyl sites for hydroxylation is 1. The fraction of sp³-hybridized carbons (Fsp3) is 0.333. The van der Waals surface area contributed by atoms with Gasteiger partial charge in [-0.25, -0.2) is 9.18 Å². The largest absolute Gasteiger partial charge is 0.491 e. The van der Waals surface area contributed by atoms with E-state index in [0.717, 1.165) is 19.4 Å². The molecule has 0 saturated carbocycles. The molecule has 1 aliphatic heterocycles. The Kier molecular flexibility index (Phi) is 6.60. The van der Waals surface area contributed by atoms with Gasteiger partial charge < -0.3 is 19.5 Å². The van der Waals surface area contributed by atoms with Crippen molar-refractivity contribution in [2.75, 3.05) is 25.1 Å². The van der Waals surface area contributed by atoms with Crippen LogP contribution in [-0.4, -0.2) is 37.8 Å². The molecular weight excluding hydrogens is 365 g/mol. The predicted molar refractivity (Wildman–Crippen MR) is 101 cm³/mol. The standard InChI is InChI=1S/C21H22FNO5/c1-14-4-7-16(22)11-19(14)23-20(24)13-28-21(25)15-5-8-17(9-6-15)27-12-18-3-2-10-26-18/h4-9,11,18H,2-3,10,12-13H2,1H3,(H,23,24)/t18-/m0/s1. The summed E-state index contributed by atoms with van der Waals surface area (Å²) in [5.41, 5.74) is 1.35. The van der Waals surface area contributed by atoms with Gasteiger partial charge in [0, 0.05) is 12.3 Å². The predicted octanol–water partition coefficient (Wildman–Crippen LogP) is 3.49. The molecule has 0 radical (unpaired) electrons. The monoisotopic (exact) mass is 387 g/mol. The van der Waals surface area contributed by atoms with E-state index >= 15 is 0 Å². The van der Waals surface area contributed by atoms with E-state index in [0.29, 0.717) is 29.2 Å². The third kappa shape index (κ3) is 5.53. The van der Waals surface area contributed by atoms with Crippen molar-refractivity contribution in [3.63, 3.8) is 0 Å². The minimum Gasteiger partial charge on any atom is -0.491 e. The molecule has 0 spiro atoms. The van der Waals surface area contributed by atoms with Crippen LogP contribution in [0.25, 0.3) is 0 Å². The quantitative estimate of drug-likeness (QED) is 0.737. The molecule has 1 aliphatic rings. The molecule has 2 aromatic carbocycles. The molecule has 6 nitrogen and oxygen atoms in total. The Labute approximate surface area is 162 Å². The van der Waals surface area contributed by atoms with Crippen LogP contribution < -0.4 is 10.1 Å². The second-order valence-electron chi connectivity index (χ2n) is 6.55. The summed E-state index contributed by atoms with van der Waals surface area (Å²) in [5.74, 6) is -0.999. The Bertz CT molecular complexity index is 831. The van der Waals surface area contributed by atoms with Gasteiger partial charge in [-0.1, -0.05) is 6.07 Å². The van der Waals surface area contributed by atoms with E-state index in [2.05, 4.69) is 5.32 Å².